The number of hydrogen-bond acceptors (Lipinski definition) is 4. The van der Waals surface area contributed by atoms with E-state index >= 15 is 0 Å². The molecule has 0 saturated carbocycles. The average molecular weight is 272 g/mol. The first-order chi connectivity index (χ1) is 8.51. The van der Waals surface area contributed by atoms with Gasteiger partial charge in [-0.3, -0.25) is 0 Å². The molecular weight excluding hydrogens is 242 g/mol. The smallest absolute Gasteiger partial charge is 0.411 e. The van der Waals surface area contributed by atoms with Gasteiger partial charge in [0, 0.05) is 23.9 Å². The first-order valence-electron chi connectivity index (χ1n) is 7.15. The summed E-state index contributed by atoms with van der Waals surface area (Å²) in [6.45, 7) is 17.8. The molecule has 0 atom stereocenters. The summed E-state index contributed by atoms with van der Waals surface area (Å²) in [4.78, 5) is 0. The van der Waals surface area contributed by atoms with Gasteiger partial charge < -0.3 is 18.6 Å². The number of hydrogen-bond donors (Lipinski definition) is 0. The molecule has 0 bridgehead atoms. The molecule has 6 heteroatoms. The molecule has 4 nitrogen and oxygen atoms in total. The lowest BCUT2D eigenvalue weighted by atomic mass is 9.47. The molecule has 0 N–H and O–H groups in total. The van der Waals surface area contributed by atoms with Gasteiger partial charge in [0.25, 0.3) is 0 Å². The molecule has 0 aliphatic carbocycles. The van der Waals surface area contributed by atoms with Gasteiger partial charge in [-0.2, -0.15) is 0 Å². The quantitative estimate of drug-likeness (QED) is 0.636. The second-order valence-electron chi connectivity index (χ2n) is 6.52. The van der Waals surface area contributed by atoms with Gasteiger partial charge in [0.2, 0.25) is 0 Å². The maximum atomic E-state index is 5.94. The highest BCUT2D eigenvalue weighted by molar-refractivity contribution is 7.10. The molecule has 0 aliphatic rings. The fraction of sp³-hybridized carbons (Fsp3) is 1.00. The molecule has 0 saturated heterocycles. The average Bonchev–Trinajstić information content (AvgIpc) is 2.10. The van der Waals surface area contributed by atoms with Crippen molar-refractivity contribution in [3.63, 3.8) is 0 Å². The minimum atomic E-state index is -0.537. The lowest BCUT2D eigenvalue weighted by Gasteiger charge is -2.30. The molecule has 0 aromatic heterocycles. The Kier molecular flexibility index (Phi) is 8.29. The minimum absolute atomic E-state index is 0.0429. The maximum Gasteiger partial charge on any atom is 0.488 e. The molecule has 19 heavy (non-hydrogen) atoms. The Labute approximate surface area is 119 Å². The van der Waals surface area contributed by atoms with Crippen molar-refractivity contribution < 1.29 is 18.6 Å². The lowest BCUT2D eigenvalue weighted by molar-refractivity contribution is 0.0605. The van der Waals surface area contributed by atoms with E-state index in [1.807, 2.05) is 62.3 Å². The van der Waals surface area contributed by atoms with E-state index in [1.54, 1.807) is 0 Å². The summed E-state index contributed by atoms with van der Waals surface area (Å²) < 4.78 is 23.4. The predicted octanol–water partition coefficient (Wildman–Crippen LogP) is 3.13. The Morgan fingerprint density at radius 2 is 0.947 bits per heavy atom. The highest BCUT2D eigenvalue weighted by Crippen LogP contribution is 2.15. The van der Waals surface area contributed by atoms with Gasteiger partial charge >= 0.3 is 14.0 Å². The summed E-state index contributed by atoms with van der Waals surface area (Å²) in [5, 5.41) is 0. The largest absolute Gasteiger partial charge is 0.488 e. The van der Waals surface area contributed by atoms with Crippen LogP contribution in [0.4, 0.5) is 0 Å². The molecule has 0 spiro atoms. The van der Waals surface area contributed by atoms with Crippen LogP contribution in [0.25, 0.3) is 0 Å². The molecule has 0 heterocycles. The van der Waals surface area contributed by atoms with Crippen LogP contribution in [0.1, 0.15) is 62.3 Å². The SMILES string of the molecule is CC(C)OB(OC(C)C)B(OC(C)C)OC(C)(C)C. The predicted molar refractivity (Wildman–Crippen MR) is 81.0 cm³/mol. The molecule has 112 valence electrons. The molecule has 0 radical (unpaired) electrons. The highest BCUT2D eigenvalue weighted by atomic mass is 16.7. The molecule has 0 aromatic rings. The van der Waals surface area contributed by atoms with E-state index < -0.39 is 14.0 Å². The molecule has 0 unspecified atom stereocenters. The Bertz CT molecular complexity index is 229. The highest BCUT2D eigenvalue weighted by Gasteiger charge is 2.43. The zero-order valence-electron chi connectivity index (χ0n) is 14.0. The minimum Gasteiger partial charge on any atom is -0.411 e. The Morgan fingerprint density at radius 3 is 1.21 bits per heavy atom. The van der Waals surface area contributed by atoms with Crippen LogP contribution < -0.4 is 0 Å². The van der Waals surface area contributed by atoms with Gasteiger partial charge in [0.05, 0.1) is 0 Å². The molecule has 0 rings (SSSR count). The van der Waals surface area contributed by atoms with Crippen molar-refractivity contribution in [3.8, 4) is 0 Å². The van der Waals surface area contributed by atoms with Gasteiger partial charge in [0.1, 0.15) is 0 Å². The van der Waals surface area contributed by atoms with Crippen molar-refractivity contribution in [2.24, 2.45) is 0 Å². The third-order valence-corrected chi connectivity index (χ3v) is 1.91. The van der Waals surface area contributed by atoms with Crippen LogP contribution in [0.5, 0.6) is 0 Å². The first kappa shape index (κ1) is 19.0. The zero-order valence-corrected chi connectivity index (χ0v) is 14.0. The van der Waals surface area contributed by atoms with Crippen molar-refractivity contribution in [2.75, 3.05) is 0 Å². The maximum absolute atomic E-state index is 5.94. The normalized spacial score (nSPS) is 12.6. The van der Waals surface area contributed by atoms with Gasteiger partial charge in [-0.05, 0) is 62.3 Å². The van der Waals surface area contributed by atoms with E-state index in [0.717, 1.165) is 0 Å². The summed E-state index contributed by atoms with van der Waals surface area (Å²) in [5.41, 5.74) is -0.321. The molecule has 0 amide bonds. The molecule has 0 fully saturated rings. The Hall–Kier alpha value is -0.0301. The van der Waals surface area contributed by atoms with Gasteiger partial charge in [0.15, 0.2) is 0 Å². The summed E-state index contributed by atoms with van der Waals surface area (Å²) in [5.74, 6) is 0. The second-order valence-corrected chi connectivity index (χ2v) is 6.52. The van der Waals surface area contributed by atoms with Gasteiger partial charge in [-0.15, -0.1) is 0 Å². The van der Waals surface area contributed by atoms with Crippen molar-refractivity contribution >= 4 is 14.0 Å². The van der Waals surface area contributed by atoms with Crippen molar-refractivity contribution in [3.05, 3.63) is 0 Å². The van der Waals surface area contributed by atoms with Crippen molar-refractivity contribution in [2.45, 2.75) is 86.2 Å². The first-order valence-corrected chi connectivity index (χ1v) is 7.15. The van der Waals surface area contributed by atoms with Crippen LogP contribution in [-0.4, -0.2) is 37.9 Å². The van der Waals surface area contributed by atoms with Crippen LogP contribution in [0.3, 0.4) is 0 Å². The third kappa shape index (κ3) is 10.4. The van der Waals surface area contributed by atoms with Crippen molar-refractivity contribution in [1.29, 1.82) is 0 Å². The van der Waals surface area contributed by atoms with E-state index in [4.69, 9.17) is 18.6 Å². The van der Waals surface area contributed by atoms with Crippen LogP contribution in [0, 0.1) is 0 Å². The van der Waals surface area contributed by atoms with Gasteiger partial charge in [-0.1, -0.05) is 0 Å². The third-order valence-electron chi connectivity index (χ3n) is 1.91. The number of rotatable bonds is 8. The monoisotopic (exact) mass is 272 g/mol. The molecule has 0 aliphatic heterocycles. The Balaban J connectivity index is 4.87. The topological polar surface area (TPSA) is 36.9 Å². The summed E-state index contributed by atoms with van der Waals surface area (Å²) >= 11 is 0. The van der Waals surface area contributed by atoms with Crippen LogP contribution in [0.2, 0.25) is 0 Å². The second kappa shape index (κ2) is 8.30. The van der Waals surface area contributed by atoms with E-state index in [9.17, 15) is 0 Å². The standard InChI is InChI=1S/C13H30B2O4/c1-10(2)16-14(17-11(3)4)15(18-12(5)6)19-13(7,8)9/h10-12H,1-9H3. The van der Waals surface area contributed by atoms with E-state index in [-0.39, 0.29) is 23.9 Å². The molecule has 0 aromatic carbocycles. The zero-order chi connectivity index (χ0) is 15.2. The van der Waals surface area contributed by atoms with Crippen LogP contribution >= 0.6 is 0 Å². The molecular formula is C13H30B2O4. The fourth-order valence-corrected chi connectivity index (χ4v) is 1.46. The van der Waals surface area contributed by atoms with E-state index in [1.165, 1.54) is 0 Å². The summed E-state index contributed by atoms with van der Waals surface area (Å²) in [7, 11) is -1.06. The Morgan fingerprint density at radius 1 is 0.632 bits per heavy atom. The van der Waals surface area contributed by atoms with Crippen LogP contribution in [0.15, 0.2) is 0 Å². The van der Waals surface area contributed by atoms with Crippen molar-refractivity contribution in [1.82, 2.24) is 0 Å². The van der Waals surface area contributed by atoms with Gasteiger partial charge in [-0.25, -0.2) is 0 Å². The van der Waals surface area contributed by atoms with Crippen LogP contribution in [-0.2, 0) is 18.6 Å². The lowest BCUT2D eigenvalue weighted by Crippen LogP contribution is -2.52. The van der Waals surface area contributed by atoms with E-state index in [2.05, 4.69) is 0 Å². The summed E-state index contributed by atoms with van der Waals surface area (Å²) in [6, 6.07) is 0. The van der Waals surface area contributed by atoms with E-state index in [0.29, 0.717) is 0 Å². The fourth-order valence-electron chi connectivity index (χ4n) is 1.46. The summed E-state index contributed by atoms with van der Waals surface area (Å²) in [6.07, 6.45) is 0.137.